The predicted molar refractivity (Wildman–Crippen MR) is 58.8 cm³/mol. The van der Waals surface area contributed by atoms with E-state index < -0.39 is 0 Å². The molecule has 0 radical (unpaired) electrons. The second-order valence-electron chi connectivity index (χ2n) is 3.31. The summed E-state index contributed by atoms with van der Waals surface area (Å²) in [4.78, 5) is 3.80. The minimum absolute atomic E-state index is 0.227. The Morgan fingerprint density at radius 2 is 2.31 bits per heavy atom. The van der Waals surface area contributed by atoms with E-state index in [0.29, 0.717) is 10.8 Å². The molecule has 1 N–H and O–H groups in total. The molecule has 0 bridgehead atoms. The molecule has 2 rings (SSSR count). The molecule has 0 aliphatic rings. The summed E-state index contributed by atoms with van der Waals surface area (Å²) in [5, 5.41) is 3.33. The summed E-state index contributed by atoms with van der Waals surface area (Å²) in [7, 11) is 1.76. The summed E-state index contributed by atoms with van der Waals surface area (Å²) >= 11 is 5.88. The van der Waals surface area contributed by atoms with Gasteiger partial charge in [0.15, 0.2) is 5.22 Å². The van der Waals surface area contributed by atoms with Gasteiger partial charge in [0.1, 0.15) is 5.82 Å². The summed E-state index contributed by atoms with van der Waals surface area (Å²) in [5.74, 6) is -0.377. The van der Waals surface area contributed by atoms with Crippen molar-refractivity contribution in [2.24, 2.45) is 0 Å². The van der Waals surface area contributed by atoms with Crippen molar-refractivity contribution in [3.8, 4) is 0 Å². The topological polar surface area (TPSA) is 38.1 Å². The van der Waals surface area contributed by atoms with Crippen LogP contribution in [-0.4, -0.2) is 12.0 Å². The monoisotopic (exact) mass is 240 g/mol. The van der Waals surface area contributed by atoms with Crippen LogP contribution in [0, 0.1) is 5.82 Å². The molecule has 3 nitrogen and oxygen atoms in total. The lowest BCUT2D eigenvalue weighted by Crippen LogP contribution is -2.17. The maximum atomic E-state index is 13.1. The number of furan rings is 1. The standard InChI is InChI=1S/C11H10ClFN2O/c1-14-10(9-2-3-16-11(9)12)7-4-8(13)6-15-5-7/h2-6,10,14H,1H3. The highest BCUT2D eigenvalue weighted by molar-refractivity contribution is 6.29. The Morgan fingerprint density at radius 1 is 1.50 bits per heavy atom. The van der Waals surface area contributed by atoms with Gasteiger partial charge in [-0.3, -0.25) is 4.98 Å². The molecule has 1 unspecified atom stereocenters. The van der Waals surface area contributed by atoms with E-state index in [1.165, 1.54) is 12.3 Å². The molecule has 16 heavy (non-hydrogen) atoms. The maximum Gasteiger partial charge on any atom is 0.198 e. The number of hydrogen-bond acceptors (Lipinski definition) is 3. The third-order valence-electron chi connectivity index (χ3n) is 2.31. The van der Waals surface area contributed by atoms with Crippen molar-refractivity contribution in [3.63, 3.8) is 0 Å². The lowest BCUT2D eigenvalue weighted by Gasteiger charge is -2.14. The van der Waals surface area contributed by atoms with E-state index in [1.54, 1.807) is 19.3 Å². The quantitative estimate of drug-likeness (QED) is 0.897. The maximum absolute atomic E-state index is 13.1. The van der Waals surface area contributed by atoms with Crippen LogP contribution in [0.2, 0.25) is 5.22 Å². The number of nitrogens with zero attached hydrogens (tertiary/aromatic N) is 1. The summed E-state index contributed by atoms with van der Waals surface area (Å²) in [5.41, 5.74) is 1.46. The highest BCUT2D eigenvalue weighted by Crippen LogP contribution is 2.28. The van der Waals surface area contributed by atoms with Crippen LogP contribution in [0.3, 0.4) is 0 Å². The lowest BCUT2D eigenvalue weighted by molar-refractivity contribution is 0.558. The van der Waals surface area contributed by atoms with E-state index in [9.17, 15) is 4.39 Å². The van der Waals surface area contributed by atoms with Gasteiger partial charge < -0.3 is 9.73 Å². The van der Waals surface area contributed by atoms with Gasteiger partial charge >= 0.3 is 0 Å². The molecule has 84 valence electrons. The Hall–Kier alpha value is -1.39. The van der Waals surface area contributed by atoms with E-state index in [1.807, 2.05) is 0 Å². The first-order valence-corrected chi connectivity index (χ1v) is 5.10. The van der Waals surface area contributed by atoms with Crippen molar-refractivity contribution in [1.29, 1.82) is 0 Å². The first kappa shape index (κ1) is 11.1. The van der Waals surface area contributed by atoms with Crippen LogP contribution in [0.4, 0.5) is 4.39 Å². The van der Waals surface area contributed by atoms with Crippen molar-refractivity contribution < 1.29 is 8.81 Å². The zero-order valence-corrected chi connectivity index (χ0v) is 9.33. The largest absolute Gasteiger partial charge is 0.453 e. The lowest BCUT2D eigenvalue weighted by atomic mass is 10.0. The van der Waals surface area contributed by atoms with E-state index in [0.717, 1.165) is 11.8 Å². The van der Waals surface area contributed by atoms with Crippen molar-refractivity contribution in [2.75, 3.05) is 7.05 Å². The van der Waals surface area contributed by atoms with E-state index in [4.69, 9.17) is 16.0 Å². The van der Waals surface area contributed by atoms with Crippen molar-refractivity contribution >= 4 is 11.6 Å². The molecule has 0 saturated carbocycles. The highest BCUT2D eigenvalue weighted by atomic mass is 35.5. The average Bonchev–Trinajstić information content (AvgIpc) is 2.67. The molecule has 5 heteroatoms. The first-order valence-electron chi connectivity index (χ1n) is 4.73. The van der Waals surface area contributed by atoms with Gasteiger partial charge in [-0.2, -0.15) is 0 Å². The second kappa shape index (κ2) is 4.63. The average molecular weight is 241 g/mol. The number of halogens is 2. The Kier molecular flexibility index (Phi) is 3.22. The van der Waals surface area contributed by atoms with Gasteiger partial charge in [0.2, 0.25) is 0 Å². The predicted octanol–water partition coefficient (Wildman–Crippen LogP) is 2.78. The molecule has 0 fully saturated rings. The zero-order valence-electron chi connectivity index (χ0n) is 8.58. The van der Waals surface area contributed by atoms with Gasteiger partial charge in [-0.05, 0) is 36.3 Å². The fourth-order valence-electron chi connectivity index (χ4n) is 1.60. The van der Waals surface area contributed by atoms with Crippen molar-refractivity contribution in [3.05, 3.63) is 53.0 Å². The van der Waals surface area contributed by atoms with Gasteiger partial charge in [-0.1, -0.05) is 0 Å². The third-order valence-corrected chi connectivity index (χ3v) is 2.61. The van der Waals surface area contributed by atoms with Crippen LogP contribution in [-0.2, 0) is 0 Å². The molecule has 2 aromatic rings. The molecular formula is C11H10ClFN2O. The third kappa shape index (κ3) is 2.08. The van der Waals surface area contributed by atoms with E-state index in [2.05, 4.69) is 10.3 Å². The minimum Gasteiger partial charge on any atom is -0.453 e. The van der Waals surface area contributed by atoms with Crippen LogP contribution in [0.15, 0.2) is 35.2 Å². The first-order chi connectivity index (χ1) is 7.72. The minimum atomic E-state index is -0.377. The molecule has 0 spiro atoms. The molecule has 2 aromatic heterocycles. The second-order valence-corrected chi connectivity index (χ2v) is 3.65. The summed E-state index contributed by atoms with van der Waals surface area (Å²) in [6.45, 7) is 0. The molecule has 0 aliphatic carbocycles. The van der Waals surface area contributed by atoms with Crippen LogP contribution in [0.5, 0.6) is 0 Å². The molecule has 2 heterocycles. The Morgan fingerprint density at radius 3 is 2.88 bits per heavy atom. The number of pyridine rings is 1. The van der Waals surface area contributed by atoms with Crippen LogP contribution in [0.1, 0.15) is 17.2 Å². The number of hydrogen-bond donors (Lipinski definition) is 1. The van der Waals surface area contributed by atoms with Gasteiger partial charge in [-0.25, -0.2) is 4.39 Å². The summed E-state index contributed by atoms with van der Waals surface area (Å²) < 4.78 is 18.1. The molecular weight excluding hydrogens is 231 g/mol. The Balaban J connectivity index is 2.40. The molecule has 0 saturated heterocycles. The molecule has 1 atom stereocenters. The fourth-order valence-corrected chi connectivity index (χ4v) is 1.82. The number of nitrogens with one attached hydrogen (secondary N) is 1. The van der Waals surface area contributed by atoms with Crippen LogP contribution < -0.4 is 5.32 Å². The van der Waals surface area contributed by atoms with Gasteiger partial charge in [0, 0.05) is 11.8 Å². The van der Waals surface area contributed by atoms with Crippen LogP contribution in [0.25, 0.3) is 0 Å². The van der Waals surface area contributed by atoms with Gasteiger partial charge in [0.25, 0.3) is 0 Å². The summed E-state index contributed by atoms with van der Waals surface area (Å²) in [6, 6.07) is 2.93. The number of rotatable bonds is 3. The SMILES string of the molecule is CNC(c1cncc(F)c1)c1ccoc1Cl. The van der Waals surface area contributed by atoms with Crippen molar-refractivity contribution in [1.82, 2.24) is 10.3 Å². The molecule has 0 aliphatic heterocycles. The Bertz CT molecular complexity index is 486. The van der Waals surface area contributed by atoms with Crippen molar-refractivity contribution in [2.45, 2.75) is 6.04 Å². The Labute approximate surface area is 97.3 Å². The normalized spacial score (nSPS) is 12.7. The smallest absolute Gasteiger partial charge is 0.198 e. The molecule has 0 amide bonds. The van der Waals surface area contributed by atoms with Crippen LogP contribution >= 0.6 is 11.6 Å². The van der Waals surface area contributed by atoms with E-state index in [-0.39, 0.29) is 11.9 Å². The molecule has 0 aromatic carbocycles. The summed E-state index contributed by atoms with van der Waals surface area (Å²) in [6.07, 6.45) is 4.25. The fraction of sp³-hybridized carbons (Fsp3) is 0.182. The van der Waals surface area contributed by atoms with Gasteiger partial charge in [-0.15, -0.1) is 0 Å². The van der Waals surface area contributed by atoms with Gasteiger partial charge in [0.05, 0.1) is 18.5 Å². The zero-order chi connectivity index (χ0) is 11.5. The number of aromatic nitrogens is 1. The highest BCUT2D eigenvalue weighted by Gasteiger charge is 2.17. The van der Waals surface area contributed by atoms with E-state index >= 15 is 0 Å².